The summed E-state index contributed by atoms with van der Waals surface area (Å²) in [6, 6.07) is 9.99. The predicted molar refractivity (Wildman–Crippen MR) is 162 cm³/mol. The lowest BCUT2D eigenvalue weighted by atomic mass is 9.86. The molecule has 1 atom stereocenters. The maximum Gasteiger partial charge on any atom is 0.408 e. The van der Waals surface area contributed by atoms with Crippen LogP contribution < -0.4 is 15.5 Å². The second-order valence-corrected chi connectivity index (χ2v) is 10.9. The molecule has 2 amide bonds. The fourth-order valence-electron chi connectivity index (χ4n) is 5.56. The number of piperidine rings is 1. The van der Waals surface area contributed by atoms with Crippen molar-refractivity contribution in [1.82, 2.24) is 30.5 Å². The zero-order chi connectivity index (χ0) is 29.2. The van der Waals surface area contributed by atoms with Gasteiger partial charge in [0.25, 0.3) is 0 Å². The topological polar surface area (TPSA) is 115 Å². The van der Waals surface area contributed by atoms with Crippen LogP contribution in [-0.2, 0) is 9.53 Å². The van der Waals surface area contributed by atoms with E-state index >= 15 is 0 Å². The van der Waals surface area contributed by atoms with E-state index in [4.69, 9.17) is 16.3 Å². The summed E-state index contributed by atoms with van der Waals surface area (Å²) >= 11 is 6.14. The zero-order valence-corrected chi connectivity index (χ0v) is 25.0. The van der Waals surface area contributed by atoms with Crippen LogP contribution in [0.3, 0.4) is 0 Å². The molecule has 10 nitrogen and oxygen atoms in total. The number of amides is 2. The summed E-state index contributed by atoms with van der Waals surface area (Å²) in [5.74, 6) is 0.634. The number of carbonyl (C=O) groups excluding carboxylic acids is 2. The van der Waals surface area contributed by atoms with Gasteiger partial charge in [-0.1, -0.05) is 50.9 Å². The number of rotatable bonds is 13. The highest BCUT2D eigenvalue weighted by Gasteiger charge is 2.43. The third-order valence-electron chi connectivity index (χ3n) is 7.97. The van der Waals surface area contributed by atoms with Crippen molar-refractivity contribution in [3.8, 4) is 0 Å². The highest BCUT2D eigenvalue weighted by atomic mass is 35.5. The molecule has 1 aromatic carbocycles. The first-order chi connectivity index (χ1) is 19.9. The Balaban J connectivity index is 1.46. The summed E-state index contributed by atoms with van der Waals surface area (Å²) in [6.07, 6.45) is 6.10. The Morgan fingerprint density at radius 3 is 2.54 bits per heavy atom. The summed E-state index contributed by atoms with van der Waals surface area (Å²) in [5, 5.41) is 7.73. The van der Waals surface area contributed by atoms with Gasteiger partial charge in [0.05, 0.1) is 12.0 Å². The molecule has 1 aliphatic heterocycles. The number of aromatic amines is 1. The summed E-state index contributed by atoms with van der Waals surface area (Å²) in [6.45, 7) is 9.99. The molecule has 1 aliphatic rings. The SMILES string of the molecule is CCCCOC(=O)NC1(C(=O)NCCC(c2ccc(Cl)cc2)N(CC)CC)CCN(c2ncnc3[nH]ccc23)CC1. The third kappa shape index (κ3) is 7.48. The molecule has 1 fully saturated rings. The van der Waals surface area contributed by atoms with Crippen LogP contribution in [0.25, 0.3) is 11.0 Å². The van der Waals surface area contributed by atoms with E-state index in [0.717, 1.165) is 54.8 Å². The van der Waals surface area contributed by atoms with Gasteiger partial charge in [0, 0.05) is 36.9 Å². The summed E-state index contributed by atoms with van der Waals surface area (Å²) in [4.78, 5) is 43.0. The minimum atomic E-state index is -1.07. The van der Waals surface area contributed by atoms with Gasteiger partial charge in [-0.15, -0.1) is 0 Å². The molecule has 0 radical (unpaired) electrons. The van der Waals surface area contributed by atoms with Crippen LogP contribution in [0.2, 0.25) is 5.02 Å². The van der Waals surface area contributed by atoms with Gasteiger partial charge in [0.2, 0.25) is 5.91 Å². The number of nitrogens with zero attached hydrogens (tertiary/aromatic N) is 4. The molecule has 3 heterocycles. The molecule has 1 saturated heterocycles. The number of carbonyl (C=O) groups is 2. The molecule has 0 aliphatic carbocycles. The van der Waals surface area contributed by atoms with Crippen molar-refractivity contribution in [1.29, 1.82) is 0 Å². The molecule has 2 aromatic heterocycles. The monoisotopic (exact) mass is 583 g/mol. The molecule has 222 valence electrons. The summed E-state index contributed by atoms with van der Waals surface area (Å²) in [5.41, 5.74) is 0.856. The number of hydrogen-bond acceptors (Lipinski definition) is 7. The molecule has 41 heavy (non-hydrogen) atoms. The number of anilines is 1. The van der Waals surface area contributed by atoms with Crippen molar-refractivity contribution < 1.29 is 14.3 Å². The van der Waals surface area contributed by atoms with E-state index in [1.54, 1.807) is 6.33 Å². The van der Waals surface area contributed by atoms with E-state index in [1.165, 1.54) is 0 Å². The maximum absolute atomic E-state index is 13.8. The molecular weight excluding hydrogens is 542 g/mol. The number of unbranched alkanes of at least 4 members (excludes halogenated alkanes) is 1. The van der Waals surface area contributed by atoms with Crippen LogP contribution in [0.5, 0.6) is 0 Å². The molecule has 11 heteroatoms. The highest BCUT2D eigenvalue weighted by Crippen LogP contribution is 2.30. The number of hydrogen-bond donors (Lipinski definition) is 3. The number of aromatic nitrogens is 3. The normalized spacial score (nSPS) is 15.6. The van der Waals surface area contributed by atoms with Gasteiger partial charge in [-0.25, -0.2) is 14.8 Å². The molecule has 1 unspecified atom stereocenters. The number of nitrogens with one attached hydrogen (secondary N) is 3. The average molecular weight is 584 g/mol. The number of alkyl carbamates (subject to hydrolysis) is 1. The number of ether oxygens (including phenoxy) is 1. The van der Waals surface area contributed by atoms with Gasteiger partial charge in [-0.2, -0.15) is 0 Å². The van der Waals surface area contributed by atoms with Crippen LogP contribution >= 0.6 is 11.6 Å². The molecule has 3 N–H and O–H groups in total. The van der Waals surface area contributed by atoms with Crippen LogP contribution in [-0.4, -0.2) is 76.7 Å². The van der Waals surface area contributed by atoms with Crippen LogP contribution in [0.1, 0.15) is 64.5 Å². The van der Waals surface area contributed by atoms with E-state index in [2.05, 4.69) is 49.2 Å². The Labute approximate surface area is 247 Å². The number of halogens is 1. The van der Waals surface area contributed by atoms with Crippen molar-refractivity contribution in [2.45, 2.75) is 64.5 Å². The second kappa shape index (κ2) is 14.5. The lowest BCUT2D eigenvalue weighted by Gasteiger charge is -2.41. The van der Waals surface area contributed by atoms with Gasteiger partial charge in [-0.3, -0.25) is 9.69 Å². The largest absolute Gasteiger partial charge is 0.450 e. The molecule has 0 bridgehead atoms. The van der Waals surface area contributed by atoms with Gasteiger partial charge >= 0.3 is 6.09 Å². The molecule has 3 aromatic rings. The Morgan fingerprint density at radius 1 is 1.12 bits per heavy atom. The average Bonchev–Trinajstić information content (AvgIpc) is 3.47. The lowest BCUT2D eigenvalue weighted by molar-refractivity contribution is -0.128. The smallest absolute Gasteiger partial charge is 0.408 e. The van der Waals surface area contributed by atoms with Crippen LogP contribution in [0.15, 0.2) is 42.9 Å². The molecule has 4 rings (SSSR count). The third-order valence-corrected chi connectivity index (χ3v) is 8.22. The number of H-pyrrole nitrogens is 1. The number of benzene rings is 1. The van der Waals surface area contributed by atoms with Crippen molar-refractivity contribution >= 4 is 40.5 Å². The van der Waals surface area contributed by atoms with E-state index in [-0.39, 0.29) is 11.9 Å². The highest BCUT2D eigenvalue weighted by molar-refractivity contribution is 6.30. The van der Waals surface area contributed by atoms with Crippen molar-refractivity contribution in [2.75, 3.05) is 44.2 Å². The van der Waals surface area contributed by atoms with E-state index in [1.807, 2.05) is 43.5 Å². The Hall–Kier alpha value is -3.37. The Bertz CT molecular complexity index is 1270. The zero-order valence-electron chi connectivity index (χ0n) is 24.3. The van der Waals surface area contributed by atoms with E-state index < -0.39 is 11.6 Å². The molecule has 0 spiro atoms. The van der Waals surface area contributed by atoms with Crippen molar-refractivity contribution in [2.24, 2.45) is 0 Å². The quantitative estimate of drug-likeness (QED) is 0.241. The lowest BCUT2D eigenvalue weighted by Crippen LogP contribution is -2.63. The first-order valence-electron chi connectivity index (χ1n) is 14.7. The Kier molecular flexibility index (Phi) is 10.8. The minimum absolute atomic E-state index is 0.133. The van der Waals surface area contributed by atoms with Gasteiger partial charge in [0.1, 0.15) is 23.3 Å². The molecular formula is C30H42ClN7O3. The standard InChI is InChI=1S/C30H42ClN7O3/c1-4-7-20-41-29(40)36-30(14-18-38(19-15-30)27-24-12-16-32-26(24)34-21-35-27)28(39)33-17-13-25(37(5-2)6-3)22-8-10-23(31)11-9-22/h8-12,16,21,25H,4-7,13-15,17-20H2,1-3H3,(H,33,39)(H,36,40)(H,32,34,35). The second-order valence-electron chi connectivity index (χ2n) is 10.5. The predicted octanol–water partition coefficient (Wildman–Crippen LogP) is 5.07. The van der Waals surface area contributed by atoms with E-state index in [9.17, 15) is 9.59 Å². The summed E-state index contributed by atoms with van der Waals surface area (Å²) in [7, 11) is 0. The van der Waals surface area contributed by atoms with Gasteiger partial charge in [-0.05, 0) is 62.5 Å². The summed E-state index contributed by atoms with van der Waals surface area (Å²) < 4.78 is 5.40. The first-order valence-corrected chi connectivity index (χ1v) is 15.0. The van der Waals surface area contributed by atoms with Crippen molar-refractivity contribution in [3.05, 3.63) is 53.4 Å². The van der Waals surface area contributed by atoms with Crippen LogP contribution in [0, 0.1) is 0 Å². The minimum Gasteiger partial charge on any atom is -0.450 e. The van der Waals surface area contributed by atoms with Gasteiger partial charge in [0.15, 0.2) is 0 Å². The molecule has 0 saturated carbocycles. The van der Waals surface area contributed by atoms with Crippen molar-refractivity contribution in [3.63, 3.8) is 0 Å². The fraction of sp³-hybridized carbons (Fsp3) is 0.533. The van der Waals surface area contributed by atoms with Crippen LogP contribution in [0.4, 0.5) is 10.6 Å². The Morgan fingerprint density at radius 2 is 1.85 bits per heavy atom. The first kappa shape index (κ1) is 30.6. The van der Waals surface area contributed by atoms with Gasteiger partial charge < -0.3 is 25.3 Å². The van der Waals surface area contributed by atoms with E-state index in [0.29, 0.717) is 44.1 Å². The maximum atomic E-state index is 13.8. The number of fused-ring (bicyclic) bond motifs is 1. The fourth-order valence-corrected chi connectivity index (χ4v) is 5.69.